The predicted molar refractivity (Wildman–Crippen MR) is 101 cm³/mol. The molecule has 1 amide bonds. The third-order valence-corrected chi connectivity index (χ3v) is 5.18. The number of carboxylic acid groups (broad SMARTS) is 1. The van der Waals surface area contributed by atoms with Crippen molar-refractivity contribution in [2.45, 2.75) is 51.4 Å². The van der Waals surface area contributed by atoms with E-state index in [4.69, 9.17) is 21.1 Å². The van der Waals surface area contributed by atoms with Crippen molar-refractivity contribution in [2.24, 2.45) is 0 Å². The van der Waals surface area contributed by atoms with E-state index in [2.05, 4.69) is 19.9 Å². The summed E-state index contributed by atoms with van der Waals surface area (Å²) in [5.74, 6) is 0. The molecule has 2 aromatic rings. The maximum absolute atomic E-state index is 11.2. The molecule has 1 saturated carbocycles. The number of amides is 1. The second-order valence-corrected chi connectivity index (χ2v) is 6.99. The molecule has 3 rings (SSSR count). The number of nitrogens with zero attached hydrogens (tertiary/aromatic N) is 3. The molecule has 0 saturated heterocycles. The van der Waals surface area contributed by atoms with Gasteiger partial charge >= 0.3 is 6.09 Å². The van der Waals surface area contributed by atoms with E-state index in [1.54, 1.807) is 6.20 Å². The molecule has 27 heavy (non-hydrogen) atoms. The van der Waals surface area contributed by atoms with Crippen LogP contribution in [0.15, 0.2) is 12.3 Å². The standard InChI is InChI=1S/C18H25ClN4O4/c1-3-26-15(27-4-2)13-9-12-10-20-16(19)22-14(12)23(13)18(7-5-6-8-18)11-21-17(24)25/h9-10,15,21H,3-8,11H2,1-2H3,(H,24,25). The second kappa shape index (κ2) is 8.41. The fourth-order valence-electron chi connectivity index (χ4n) is 3.93. The molecule has 0 spiro atoms. The van der Waals surface area contributed by atoms with Gasteiger partial charge in [0.05, 0.1) is 11.2 Å². The summed E-state index contributed by atoms with van der Waals surface area (Å²) in [6.07, 6.45) is 3.73. The largest absolute Gasteiger partial charge is 0.465 e. The van der Waals surface area contributed by atoms with Gasteiger partial charge in [0.1, 0.15) is 5.65 Å². The number of carbonyl (C=O) groups is 1. The molecule has 1 aliphatic rings. The van der Waals surface area contributed by atoms with Crippen molar-refractivity contribution in [3.8, 4) is 0 Å². The van der Waals surface area contributed by atoms with E-state index in [0.717, 1.165) is 36.8 Å². The topological polar surface area (TPSA) is 98.5 Å². The number of fused-ring (bicyclic) bond motifs is 1. The van der Waals surface area contributed by atoms with Crippen molar-refractivity contribution in [3.63, 3.8) is 0 Å². The molecule has 9 heteroatoms. The van der Waals surface area contributed by atoms with Crippen molar-refractivity contribution in [1.29, 1.82) is 0 Å². The summed E-state index contributed by atoms with van der Waals surface area (Å²) in [7, 11) is 0. The lowest BCUT2D eigenvalue weighted by Crippen LogP contribution is -2.44. The van der Waals surface area contributed by atoms with Gasteiger partial charge in [-0.15, -0.1) is 0 Å². The number of rotatable bonds is 8. The van der Waals surface area contributed by atoms with Gasteiger partial charge in [-0.3, -0.25) is 0 Å². The number of nitrogens with one attached hydrogen (secondary N) is 1. The molecule has 8 nitrogen and oxygen atoms in total. The fourth-order valence-corrected chi connectivity index (χ4v) is 4.06. The molecule has 2 N–H and O–H groups in total. The minimum absolute atomic E-state index is 0.150. The van der Waals surface area contributed by atoms with Crippen molar-refractivity contribution >= 4 is 28.7 Å². The van der Waals surface area contributed by atoms with E-state index in [1.807, 2.05) is 19.9 Å². The molecule has 0 radical (unpaired) electrons. The molecule has 0 aliphatic heterocycles. The third kappa shape index (κ3) is 4.02. The summed E-state index contributed by atoms with van der Waals surface area (Å²) in [5.41, 5.74) is 1.03. The van der Waals surface area contributed by atoms with Crippen LogP contribution >= 0.6 is 11.6 Å². The number of hydrogen-bond acceptors (Lipinski definition) is 5. The number of halogens is 1. The molecule has 2 heterocycles. The molecule has 0 unspecified atom stereocenters. The Kier molecular flexibility index (Phi) is 6.18. The minimum Gasteiger partial charge on any atom is -0.465 e. The summed E-state index contributed by atoms with van der Waals surface area (Å²) in [6.45, 7) is 5.07. The van der Waals surface area contributed by atoms with Crippen LogP contribution in [0.3, 0.4) is 0 Å². The normalized spacial score (nSPS) is 16.3. The molecular weight excluding hydrogens is 372 g/mol. The van der Waals surface area contributed by atoms with Gasteiger partial charge < -0.3 is 24.5 Å². The van der Waals surface area contributed by atoms with Crippen molar-refractivity contribution in [2.75, 3.05) is 19.8 Å². The maximum Gasteiger partial charge on any atom is 0.404 e. The van der Waals surface area contributed by atoms with Crippen molar-refractivity contribution < 1.29 is 19.4 Å². The lowest BCUT2D eigenvalue weighted by molar-refractivity contribution is -0.145. The highest BCUT2D eigenvalue weighted by Crippen LogP contribution is 2.42. The smallest absolute Gasteiger partial charge is 0.404 e. The Balaban J connectivity index is 2.19. The van der Waals surface area contributed by atoms with E-state index < -0.39 is 17.9 Å². The monoisotopic (exact) mass is 396 g/mol. The van der Waals surface area contributed by atoms with Crippen LogP contribution in [-0.4, -0.2) is 45.5 Å². The molecular formula is C18H25ClN4O4. The summed E-state index contributed by atoms with van der Waals surface area (Å²) in [4.78, 5) is 19.7. The van der Waals surface area contributed by atoms with E-state index in [0.29, 0.717) is 18.9 Å². The van der Waals surface area contributed by atoms with Gasteiger partial charge in [-0.1, -0.05) is 12.8 Å². The lowest BCUT2D eigenvalue weighted by Gasteiger charge is -2.35. The summed E-state index contributed by atoms with van der Waals surface area (Å²) in [5, 5.41) is 12.7. The Morgan fingerprint density at radius 3 is 2.63 bits per heavy atom. The van der Waals surface area contributed by atoms with E-state index in [-0.39, 0.29) is 11.8 Å². The molecule has 0 aromatic carbocycles. The molecule has 0 atom stereocenters. The first-order valence-electron chi connectivity index (χ1n) is 9.25. The molecule has 2 aromatic heterocycles. The Morgan fingerprint density at radius 1 is 1.37 bits per heavy atom. The quantitative estimate of drug-likeness (QED) is 0.521. The first-order chi connectivity index (χ1) is 13.0. The van der Waals surface area contributed by atoms with Gasteiger partial charge in [0.25, 0.3) is 0 Å². The summed E-state index contributed by atoms with van der Waals surface area (Å²) >= 11 is 6.07. The van der Waals surface area contributed by atoms with Gasteiger partial charge in [-0.05, 0) is 44.4 Å². The van der Waals surface area contributed by atoms with E-state index in [1.165, 1.54) is 0 Å². The van der Waals surface area contributed by atoms with E-state index in [9.17, 15) is 9.90 Å². The fraction of sp³-hybridized carbons (Fsp3) is 0.611. The SMILES string of the molecule is CCOC(OCC)c1cc2cnc(Cl)nc2n1C1(CNC(=O)O)CCCC1. The van der Waals surface area contributed by atoms with Gasteiger partial charge in [-0.25, -0.2) is 9.78 Å². The van der Waals surface area contributed by atoms with Crippen LogP contribution in [0.25, 0.3) is 11.0 Å². The van der Waals surface area contributed by atoms with Crippen LogP contribution < -0.4 is 5.32 Å². The maximum atomic E-state index is 11.2. The lowest BCUT2D eigenvalue weighted by atomic mass is 9.96. The summed E-state index contributed by atoms with van der Waals surface area (Å²) < 4.78 is 13.7. The van der Waals surface area contributed by atoms with Crippen LogP contribution in [-0.2, 0) is 15.0 Å². The highest BCUT2D eigenvalue weighted by molar-refractivity contribution is 6.28. The molecule has 1 aliphatic carbocycles. The molecule has 148 valence electrons. The van der Waals surface area contributed by atoms with Gasteiger partial charge in [0.15, 0.2) is 6.29 Å². The first-order valence-corrected chi connectivity index (χ1v) is 9.63. The Hall–Kier alpha value is -1.90. The first kappa shape index (κ1) is 19.9. The number of aromatic nitrogens is 3. The second-order valence-electron chi connectivity index (χ2n) is 6.66. The minimum atomic E-state index is -1.04. The molecule has 0 bridgehead atoms. The number of hydrogen-bond donors (Lipinski definition) is 2. The van der Waals surface area contributed by atoms with Crippen LogP contribution in [0.5, 0.6) is 0 Å². The predicted octanol–water partition coefficient (Wildman–Crippen LogP) is 3.69. The highest BCUT2D eigenvalue weighted by atomic mass is 35.5. The number of ether oxygens (including phenoxy) is 2. The highest BCUT2D eigenvalue weighted by Gasteiger charge is 2.40. The Morgan fingerprint density at radius 2 is 2.04 bits per heavy atom. The van der Waals surface area contributed by atoms with E-state index >= 15 is 0 Å². The van der Waals surface area contributed by atoms with Gasteiger partial charge in [0.2, 0.25) is 5.28 Å². The van der Waals surface area contributed by atoms with Gasteiger partial charge in [0, 0.05) is 31.3 Å². The van der Waals surface area contributed by atoms with Crippen LogP contribution in [0.2, 0.25) is 5.28 Å². The summed E-state index contributed by atoms with van der Waals surface area (Å²) in [6, 6.07) is 1.95. The Bertz CT molecular complexity index is 798. The zero-order chi connectivity index (χ0) is 19.4. The van der Waals surface area contributed by atoms with Crippen LogP contribution in [0.4, 0.5) is 4.79 Å². The van der Waals surface area contributed by atoms with Crippen LogP contribution in [0.1, 0.15) is 51.5 Å². The zero-order valence-corrected chi connectivity index (χ0v) is 16.3. The average Bonchev–Trinajstić information content (AvgIpc) is 3.24. The molecule has 1 fully saturated rings. The Labute approximate surface area is 162 Å². The van der Waals surface area contributed by atoms with Gasteiger partial charge in [-0.2, -0.15) is 4.98 Å². The average molecular weight is 397 g/mol. The van der Waals surface area contributed by atoms with Crippen molar-refractivity contribution in [1.82, 2.24) is 19.9 Å². The van der Waals surface area contributed by atoms with Crippen molar-refractivity contribution in [3.05, 3.63) is 23.2 Å². The zero-order valence-electron chi connectivity index (χ0n) is 15.6. The third-order valence-electron chi connectivity index (χ3n) is 4.99. The van der Waals surface area contributed by atoms with Crippen LogP contribution in [0, 0.1) is 0 Å².